The van der Waals surface area contributed by atoms with Crippen molar-refractivity contribution >= 4 is 5.84 Å². The summed E-state index contributed by atoms with van der Waals surface area (Å²) in [6, 6.07) is 0. The molecular formula is C8H15N5O. The van der Waals surface area contributed by atoms with Gasteiger partial charge in [0.2, 0.25) is 0 Å². The highest BCUT2D eigenvalue weighted by molar-refractivity contribution is 5.96. The summed E-state index contributed by atoms with van der Waals surface area (Å²) in [5.74, 6) is 5.97. The molecule has 0 atom stereocenters. The lowest BCUT2D eigenvalue weighted by atomic mass is 10.4. The van der Waals surface area contributed by atoms with Crippen LogP contribution < -0.4 is 11.3 Å². The highest BCUT2D eigenvalue weighted by Gasteiger charge is 2.04. The zero-order valence-corrected chi connectivity index (χ0v) is 8.40. The number of aryl methyl sites for hydroxylation is 1. The van der Waals surface area contributed by atoms with Crippen molar-refractivity contribution in [2.24, 2.45) is 17.9 Å². The number of hydrogen-bond donors (Lipinski definition) is 2. The highest BCUT2D eigenvalue weighted by atomic mass is 16.5. The van der Waals surface area contributed by atoms with E-state index in [9.17, 15) is 0 Å². The average molecular weight is 197 g/mol. The molecule has 0 aromatic carbocycles. The number of imidazole rings is 1. The molecule has 0 aliphatic carbocycles. The predicted molar refractivity (Wildman–Crippen MR) is 53.8 cm³/mol. The van der Waals surface area contributed by atoms with Crippen molar-refractivity contribution in [2.75, 3.05) is 20.3 Å². The molecule has 0 fully saturated rings. The molecule has 0 radical (unpaired) electrons. The Kier molecular flexibility index (Phi) is 4.09. The summed E-state index contributed by atoms with van der Waals surface area (Å²) >= 11 is 0. The third-order valence-electron chi connectivity index (χ3n) is 1.76. The van der Waals surface area contributed by atoms with Crippen molar-refractivity contribution in [1.82, 2.24) is 15.0 Å². The molecule has 0 bridgehead atoms. The maximum Gasteiger partial charge on any atom is 0.161 e. The number of hydrogen-bond acceptors (Lipinski definition) is 4. The maximum atomic E-state index is 5.35. The van der Waals surface area contributed by atoms with Gasteiger partial charge in [0.25, 0.3) is 0 Å². The molecule has 1 rings (SSSR count). The second-order valence-electron chi connectivity index (χ2n) is 2.76. The fourth-order valence-electron chi connectivity index (χ4n) is 1.03. The molecule has 0 aliphatic heterocycles. The lowest BCUT2D eigenvalue weighted by Gasteiger charge is -2.05. The SMILES string of the molecule is COCCN=C(NN)c1cncn1C. The Morgan fingerprint density at radius 2 is 2.57 bits per heavy atom. The zero-order chi connectivity index (χ0) is 10.4. The number of aromatic nitrogens is 2. The third-order valence-corrected chi connectivity index (χ3v) is 1.76. The Labute approximate surface area is 82.8 Å². The molecule has 0 saturated heterocycles. The Morgan fingerprint density at radius 1 is 1.79 bits per heavy atom. The molecule has 0 saturated carbocycles. The fraction of sp³-hybridized carbons (Fsp3) is 0.500. The van der Waals surface area contributed by atoms with E-state index in [4.69, 9.17) is 10.6 Å². The van der Waals surface area contributed by atoms with Gasteiger partial charge in [-0.3, -0.25) is 4.99 Å². The lowest BCUT2D eigenvalue weighted by Crippen LogP contribution is -2.33. The van der Waals surface area contributed by atoms with Crippen LogP contribution in [0.3, 0.4) is 0 Å². The van der Waals surface area contributed by atoms with Crippen LogP contribution in [0, 0.1) is 0 Å². The van der Waals surface area contributed by atoms with E-state index in [1.807, 2.05) is 11.6 Å². The van der Waals surface area contributed by atoms with E-state index in [-0.39, 0.29) is 0 Å². The molecule has 3 N–H and O–H groups in total. The van der Waals surface area contributed by atoms with E-state index in [0.717, 1.165) is 5.69 Å². The summed E-state index contributed by atoms with van der Waals surface area (Å²) in [4.78, 5) is 8.20. The first kappa shape index (κ1) is 10.7. The predicted octanol–water partition coefficient (Wildman–Crippen LogP) is -0.724. The molecule has 14 heavy (non-hydrogen) atoms. The minimum Gasteiger partial charge on any atom is -0.383 e. The summed E-state index contributed by atoms with van der Waals surface area (Å²) in [5.41, 5.74) is 3.39. The van der Waals surface area contributed by atoms with Crippen LogP contribution in [0.5, 0.6) is 0 Å². The minimum atomic E-state index is 0.571. The van der Waals surface area contributed by atoms with E-state index < -0.39 is 0 Å². The maximum absolute atomic E-state index is 5.35. The van der Waals surface area contributed by atoms with Crippen LogP contribution in [0.2, 0.25) is 0 Å². The van der Waals surface area contributed by atoms with Gasteiger partial charge >= 0.3 is 0 Å². The van der Waals surface area contributed by atoms with Crippen molar-refractivity contribution in [1.29, 1.82) is 0 Å². The lowest BCUT2D eigenvalue weighted by molar-refractivity contribution is 0.208. The molecule has 0 unspecified atom stereocenters. The quantitative estimate of drug-likeness (QED) is 0.219. The smallest absolute Gasteiger partial charge is 0.161 e. The summed E-state index contributed by atoms with van der Waals surface area (Å²) in [5, 5.41) is 0. The molecule has 0 amide bonds. The van der Waals surface area contributed by atoms with Crippen LogP contribution in [0.15, 0.2) is 17.5 Å². The molecule has 0 spiro atoms. The van der Waals surface area contributed by atoms with Crippen molar-refractivity contribution in [2.45, 2.75) is 0 Å². The summed E-state index contributed by atoms with van der Waals surface area (Å²) in [6.07, 6.45) is 3.39. The van der Waals surface area contributed by atoms with Gasteiger partial charge in [0, 0.05) is 14.2 Å². The van der Waals surface area contributed by atoms with Gasteiger partial charge in [-0.05, 0) is 0 Å². The Balaban J connectivity index is 2.71. The number of nitrogens with one attached hydrogen (secondary N) is 1. The number of nitrogens with zero attached hydrogens (tertiary/aromatic N) is 3. The van der Waals surface area contributed by atoms with Crippen LogP contribution in [-0.2, 0) is 11.8 Å². The van der Waals surface area contributed by atoms with Crippen LogP contribution in [0.1, 0.15) is 5.69 Å². The van der Waals surface area contributed by atoms with E-state index in [1.165, 1.54) is 0 Å². The van der Waals surface area contributed by atoms with Crippen molar-refractivity contribution in [3.63, 3.8) is 0 Å². The van der Waals surface area contributed by atoms with Gasteiger partial charge in [0.1, 0.15) is 5.69 Å². The summed E-state index contributed by atoms with van der Waals surface area (Å²) in [7, 11) is 3.51. The largest absolute Gasteiger partial charge is 0.383 e. The number of hydrazine groups is 1. The van der Waals surface area contributed by atoms with Gasteiger partial charge in [-0.25, -0.2) is 10.8 Å². The third kappa shape index (κ3) is 2.54. The molecular weight excluding hydrogens is 182 g/mol. The number of amidine groups is 1. The van der Waals surface area contributed by atoms with E-state index in [1.54, 1.807) is 19.6 Å². The summed E-state index contributed by atoms with van der Waals surface area (Å²) < 4.78 is 6.73. The van der Waals surface area contributed by atoms with Gasteiger partial charge < -0.3 is 14.7 Å². The molecule has 1 heterocycles. The Bertz CT molecular complexity index is 306. The van der Waals surface area contributed by atoms with Crippen molar-refractivity contribution < 1.29 is 4.74 Å². The van der Waals surface area contributed by atoms with E-state index >= 15 is 0 Å². The number of ether oxygens (including phenoxy) is 1. The highest BCUT2D eigenvalue weighted by Crippen LogP contribution is 1.96. The number of nitrogens with two attached hydrogens (primary N) is 1. The molecule has 1 aromatic rings. The molecule has 0 aliphatic rings. The number of aliphatic imine (C=N–C) groups is 1. The number of methoxy groups -OCH3 is 1. The van der Waals surface area contributed by atoms with Gasteiger partial charge in [0.15, 0.2) is 5.84 Å². The standard InChI is InChI=1S/C8H15N5O/c1-13-6-10-5-7(13)8(12-9)11-3-4-14-2/h5-6H,3-4,9H2,1-2H3,(H,11,12). The Hall–Kier alpha value is -1.40. The van der Waals surface area contributed by atoms with E-state index in [0.29, 0.717) is 19.0 Å². The average Bonchev–Trinajstić information content (AvgIpc) is 2.60. The zero-order valence-electron chi connectivity index (χ0n) is 8.40. The van der Waals surface area contributed by atoms with Gasteiger partial charge in [-0.1, -0.05) is 0 Å². The normalized spacial score (nSPS) is 11.8. The summed E-state index contributed by atoms with van der Waals surface area (Å²) in [6.45, 7) is 1.14. The van der Waals surface area contributed by atoms with Crippen molar-refractivity contribution in [3.8, 4) is 0 Å². The molecule has 6 heteroatoms. The molecule has 1 aromatic heterocycles. The van der Waals surface area contributed by atoms with Crippen LogP contribution in [0.25, 0.3) is 0 Å². The van der Waals surface area contributed by atoms with Gasteiger partial charge in [0.05, 0.1) is 25.7 Å². The second kappa shape index (κ2) is 5.36. The molecule has 78 valence electrons. The van der Waals surface area contributed by atoms with Gasteiger partial charge in [-0.15, -0.1) is 0 Å². The van der Waals surface area contributed by atoms with Crippen LogP contribution in [0.4, 0.5) is 0 Å². The molecule has 6 nitrogen and oxygen atoms in total. The Morgan fingerprint density at radius 3 is 3.07 bits per heavy atom. The monoisotopic (exact) mass is 197 g/mol. The first-order valence-corrected chi connectivity index (χ1v) is 4.26. The fourth-order valence-corrected chi connectivity index (χ4v) is 1.03. The minimum absolute atomic E-state index is 0.571. The second-order valence-corrected chi connectivity index (χ2v) is 2.76. The number of rotatable bonds is 4. The first-order valence-electron chi connectivity index (χ1n) is 4.26. The van der Waals surface area contributed by atoms with E-state index in [2.05, 4.69) is 15.4 Å². The first-order chi connectivity index (χ1) is 6.79. The van der Waals surface area contributed by atoms with Crippen LogP contribution in [-0.4, -0.2) is 35.6 Å². The van der Waals surface area contributed by atoms with Crippen LogP contribution >= 0.6 is 0 Å². The topological polar surface area (TPSA) is 77.5 Å². The van der Waals surface area contributed by atoms with Crippen molar-refractivity contribution in [3.05, 3.63) is 18.2 Å². The van der Waals surface area contributed by atoms with Gasteiger partial charge in [-0.2, -0.15) is 0 Å².